The van der Waals surface area contributed by atoms with Crippen molar-refractivity contribution in [1.29, 1.82) is 0 Å². The number of methoxy groups -OCH3 is 1. The number of hydrogen-bond donors (Lipinski definition) is 1. The predicted octanol–water partition coefficient (Wildman–Crippen LogP) is 0.640. The molecule has 1 fully saturated rings. The molecule has 1 N–H and O–H groups in total. The van der Waals surface area contributed by atoms with Crippen LogP contribution in [0.3, 0.4) is 0 Å². The lowest BCUT2D eigenvalue weighted by atomic mass is 10.0. The van der Waals surface area contributed by atoms with E-state index in [0.29, 0.717) is 24.5 Å². The molecule has 24 heavy (non-hydrogen) atoms. The third-order valence-corrected chi connectivity index (χ3v) is 6.06. The van der Waals surface area contributed by atoms with Gasteiger partial charge in [0, 0.05) is 20.0 Å². The highest BCUT2D eigenvalue weighted by atomic mass is 32.2. The molecule has 1 amide bonds. The van der Waals surface area contributed by atoms with Crippen LogP contribution in [0.15, 0.2) is 18.2 Å². The molecule has 134 valence electrons. The van der Waals surface area contributed by atoms with Gasteiger partial charge in [-0.1, -0.05) is 6.07 Å². The molecule has 0 aromatic heterocycles. The molecule has 1 aromatic carbocycles. The summed E-state index contributed by atoms with van der Waals surface area (Å²) in [5.41, 5.74) is 1.41. The highest BCUT2D eigenvalue weighted by Gasteiger charge is 2.34. The van der Waals surface area contributed by atoms with Gasteiger partial charge in [-0.05, 0) is 24.6 Å². The number of rotatable bonds is 6. The number of nitrogens with zero attached hydrogens (tertiary/aromatic N) is 1. The van der Waals surface area contributed by atoms with Gasteiger partial charge in [0.1, 0.15) is 5.75 Å². The van der Waals surface area contributed by atoms with Crippen LogP contribution in [0.4, 0.5) is 0 Å². The van der Waals surface area contributed by atoms with Crippen LogP contribution in [0.5, 0.6) is 5.75 Å². The third-order valence-electron chi connectivity index (χ3n) is 4.10. The topological polar surface area (TPSA) is 84.9 Å². The molecule has 0 spiro atoms. The molecular weight excluding hydrogens is 332 g/mol. The molecule has 1 aliphatic heterocycles. The highest BCUT2D eigenvalue weighted by Crippen LogP contribution is 2.22. The number of carbonyl (C=O) groups is 1. The number of carbonyl (C=O) groups excluding carboxylic acids is 1. The van der Waals surface area contributed by atoms with Crippen molar-refractivity contribution in [2.24, 2.45) is 5.92 Å². The quantitative estimate of drug-likeness (QED) is 0.809. The number of amides is 1. The molecule has 8 heteroatoms. The lowest BCUT2D eigenvalue weighted by molar-refractivity contribution is 0.0923. The van der Waals surface area contributed by atoms with Crippen LogP contribution in [0, 0.1) is 12.8 Å². The Morgan fingerprint density at radius 1 is 1.38 bits per heavy atom. The summed E-state index contributed by atoms with van der Waals surface area (Å²) < 4.78 is 35.9. The van der Waals surface area contributed by atoms with E-state index in [0.717, 1.165) is 5.56 Å². The summed E-state index contributed by atoms with van der Waals surface area (Å²) >= 11 is 0. The fourth-order valence-electron chi connectivity index (χ4n) is 2.57. The van der Waals surface area contributed by atoms with E-state index in [4.69, 9.17) is 9.47 Å². The van der Waals surface area contributed by atoms with E-state index >= 15 is 0 Å². The van der Waals surface area contributed by atoms with Gasteiger partial charge in [0.05, 0.1) is 37.7 Å². The molecular formula is C16H24N2O5S. The van der Waals surface area contributed by atoms with Gasteiger partial charge in [-0.3, -0.25) is 4.79 Å². The summed E-state index contributed by atoms with van der Waals surface area (Å²) in [5, 5.41) is 2.87. The van der Waals surface area contributed by atoms with Gasteiger partial charge in [-0.2, -0.15) is 0 Å². The number of benzene rings is 1. The normalized spacial score (nSPS) is 21.0. The molecule has 0 saturated carbocycles. The molecule has 1 aromatic rings. The highest BCUT2D eigenvalue weighted by molar-refractivity contribution is 7.89. The minimum atomic E-state index is -3.36. The van der Waals surface area contributed by atoms with E-state index in [1.807, 2.05) is 13.0 Å². The predicted molar refractivity (Wildman–Crippen MR) is 90.8 cm³/mol. The molecule has 0 bridgehead atoms. The van der Waals surface area contributed by atoms with Crippen molar-refractivity contribution in [3.8, 4) is 5.75 Å². The Labute approximate surface area is 143 Å². The fraction of sp³-hybridized carbons (Fsp3) is 0.562. The first-order valence-corrected chi connectivity index (χ1v) is 9.29. The molecule has 7 nitrogen and oxygen atoms in total. The molecule has 1 aliphatic rings. The molecule has 0 radical (unpaired) electrons. The van der Waals surface area contributed by atoms with Crippen LogP contribution in [0.1, 0.15) is 15.9 Å². The minimum Gasteiger partial charge on any atom is -0.496 e. The zero-order valence-electron chi connectivity index (χ0n) is 14.4. The number of aryl methyl sites for hydroxylation is 1. The van der Waals surface area contributed by atoms with Gasteiger partial charge < -0.3 is 14.8 Å². The molecule has 0 unspecified atom stereocenters. The van der Waals surface area contributed by atoms with E-state index < -0.39 is 10.0 Å². The zero-order chi connectivity index (χ0) is 17.9. The van der Waals surface area contributed by atoms with E-state index in [-0.39, 0.29) is 23.6 Å². The first-order valence-electron chi connectivity index (χ1n) is 7.68. The summed E-state index contributed by atoms with van der Waals surface area (Å²) in [5.74, 6) is -0.146. The maximum absolute atomic E-state index is 12.5. The maximum Gasteiger partial charge on any atom is 0.255 e. The van der Waals surface area contributed by atoms with E-state index in [9.17, 15) is 13.2 Å². The van der Waals surface area contributed by atoms with Crippen molar-refractivity contribution in [2.75, 3.05) is 40.2 Å². The largest absolute Gasteiger partial charge is 0.496 e. The number of sulfonamides is 1. The standard InChI is InChI=1S/C16H24N2O5S/c1-11-5-6-13(15(7-11)22-4)16(19)17-14-9-23-8-12(14)10-24(20,21)18(2)3/h5-7,12,14H,8-10H2,1-4H3,(H,17,19)/t12-,14-/m0/s1. The van der Waals surface area contributed by atoms with E-state index in [2.05, 4.69) is 5.32 Å². The third kappa shape index (κ3) is 4.25. The monoisotopic (exact) mass is 356 g/mol. The number of nitrogens with one attached hydrogen (secondary N) is 1. The first kappa shape index (κ1) is 18.7. The molecule has 1 heterocycles. The Bertz CT molecular complexity index is 702. The van der Waals surface area contributed by atoms with Crippen molar-refractivity contribution in [1.82, 2.24) is 9.62 Å². The Hall–Kier alpha value is -1.64. The van der Waals surface area contributed by atoms with Crippen molar-refractivity contribution in [2.45, 2.75) is 13.0 Å². The van der Waals surface area contributed by atoms with Crippen molar-refractivity contribution in [3.05, 3.63) is 29.3 Å². The second-order valence-electron chi connectivity index (χ2n) is 6.14. The second kappa shape index (κ2) is 7.50. The van der Waals surface area contributed by atoms with Crippen molar-refractivity contribution < 1.29 is 22.7 Å². The summed E-state index contributed by atoms with van der Waals surface area (Å²) in [6.07, 6.45) is 0. The number of hydrogen-bond acceptors (Lipinski definition) is 5. The van der Waals surface area contributed by atoms with Gasteiger partial charge in [0.25, 0.3) is 5.91 Å². The van der Waals surface area contributed by atoms with Crippen LogP contribution in [-0.2, 0) is 14.8 Å². The van der Waals surface area contributed by atoms with Crippen LogP contribution in [0.2, 0.25) is 0 Å². The SMILES string of the molecule is COc1cc(C)ccc1C(=O)N[C@H]1COC[C@H]1CS(=O)(=O)N(C)C. The number of ether oxygens (including phenoxy) is 2. The van der Waals surface area contributed by atoms with Crippen LogP contribution >= 0.6 is 0 Å². The second-order valence-corrected chi connectivity index (χ2v) is 8.37. The summed E-state index contributed by atoms with van der Waals surface area (Å²) in [7, 11) is 1.15. The average Bonchev–Trinajstić information content (AvgIpc) is 2.93. The summed E-state index contributed by atoms with van der Waals surface area (Å²) in [6, 6.07) is 4.97. The Balaban J connectivity index is 2.11. The Kier molecular flexibility index (Phi) is 5.84. The smallest absolute Gasteiger partial charge is 0.255 e. The van der Waals surface area contributed by atoms with Gasteiger partial charge in [0.15, 0.2) is 0 Å². The fourth-order valence-corrected chi connectivity index (χ4v) is 3.74. The summed E-state index contributed by atoms with van der Waals surface area (Å²) in [6.45, 7) is 2.52. The Morgan fingerprint density at radius 2 is 2.08 bits per heavy atom. The van der Waals surface area contributed by atoms with E-state index in [1.165, 1.54) is 25.5 Å². The average molecular weight is 356 g/mol. The molecule has 0 aliphatic carbocycles. The maximum atomic E-state index is 12.5. The molecule has 2 atom stereocenters. The molecule has 1 saturated heterocycles. The van der Waals surface area contributed by atoms with Gasteiger partial charge in [-0.25, -0.2) is 12.7 Å². The van der Waals surface area contributed by atoms with Crippen molar-refractivity contribution >= 4 is 15.9 Å². The lowest BCUT2D eigenvalue weighted by Crippen LogP contribution is -2.43. The first-order chi connectivity index (χ1) is 11.2. The molecule has 2 rings (SSSR count). The van der Waals surface area contributed by atoms with Crippen molar-refractivity contribution in [3.63, 3.8) is 0 Å². The summed E-state index contributed by atoms with van der Waals surface area (Å²) in [4.78, 5) is 12.5. The van der Waals surface area contributed by atoms with Gasteiger partial charge in [-0.15, -0.1) is 0 Å². The van der Waals surface area contributed by atoms with Gasteiger partial charge in [0.2, 0.25) is 10.0 Å². The van der Waals surface area contributed by atoms with Crippen LogP contribution in [0.25, 0.3) is 0 Å². The minimum absolute atomic E-state index is 0.0595. The van der Waals surface area contributed by atoms with Gasteiger partial charge >= 0.3 is 0 Å². The van der Waals surface area contributed by atoms with Crippen LogP contribution in [-0.4, -0.2) is 64.8 Å². The van der Waals surface area contributed by atoms with Crippen LogP contribution < -0.4 is 10.1 Å². The van der Waals surface area contributed by atoms with E-state index in [1.54, 1.807) is 12.1 Å². The lowest BCUT2D eigenvalue weighted by Gasteiger charge is -2.21. The Morgan fingerprint density at radius 3 is 2.71 bits per heavy atom. The zero-order valence-corrected chi connectivity index (χ0v) is 15.2.